The van der Waals surface area contributed by atoms with Gasteiger partial charge in [0.15, 0.2) is 0 Å². The molecule has 1 saturated heterocycles. The standard InChI is InChI=1S/C15H22N4O2/c1-11(18-14(20)9-16)8-15(21)19-7-3-5-13(19)12-4-2-6-17-10-12/h2,4,6,10-11,13H,3,5,7-9,16H2,1H3,(H,18,20). The molecule has 1 aliphatic rings. The summed E-state index contributed by atoms with van der Waals surface area (Å²) >= 11 is 0. The predicted molar refractivity (Wildman–Crippen MR) is 79.2 cm³/mol. The highest BCUT2D eigenvalue weighted by atomic mass is 16.2. The maximum Gasteiger partial charge on any atom is 0.233 e. The van der Waals surface area contributed by atoms with E-state index in [1.807, 2.05) is 30.2 Å². The van der Waals surface area contributed by atoms with Crippen molar-refractivity contribution in [1.29, 1.82) is 0 Å². The minimum Gasteiger partial charge on any atom is -0.352 e. The second-order valence-corrected chi connectivity index (χ2v) is 5.41. The summed E-state index contributed by atoms with van der Waals surface area (Å²) in [6, 6.07) is 3.79. The molecule has 2 amide bonds. The quantitative estimate of drug-likeness (QED) is 0.831. The molecule has 0 saturated carbocycles. The Labute approximate surface area is 124 Å². The summed E-state index contributed by atoms with van der Waals surface area (Å²) in [6.45, 7) is 2.52. The first-order valence-corrected chi connectivity index (χ1v) is 7.30. The number of nitrogens with one attached hydrogen (secondary N) is 1. The lowest BCUT2D eigenvalue weighted by Crippen LogP contribution is -2.41. The van der Waals surface area contributed by atoms with Crippen molar-refractivity contribution < 1.29 is 9.59 Å². The molecule has 1 fully saturated rings. The van der Waals surface area contributed by atoms with Crippen molar-refractivity contribution in [2.24, 2.45) is 5.73 Å². The Balaban J connectivity index is 1.96. The number of hydrogen-bond acceptors (Lipinski definition) is 4. The van der Waals surface area contributed by atoms with Crippen LogP contribution in [-0.4, -0.2) is 40.8 Å². The molecule has 6 heteroatoms. The zero-order valence-electron chi connectivity index (χ0n) is 12.3. The van der Waals surface area contributed by atoms with Crippen LogP contribution in [0.3, 0.4) is 0 Å². The van der Waals surface area contributed by atoms with E-state index in [1.165, 1.54) is 0 Å². The number of amides is 2. The third-order valence-electron chi connectivity index (χ3n) is 3.72. The number of carbonyl (C=O) groups is 2. The fourth-order valence-electron chi connectivity index (χ4n) is 2.75. The molecule has 114 valence electrons. The van der Waals surface area contributed by atoms with Gasteiger partial charge < -0.3 is 16.0 Å². The number of aromatic nitrogens is 1. The zero-order chi connectivity index (χ0) is 15.2. The van der Waals surface area contributed by atoms with Gasteiger partial charge in [0, 0.05) is 31.4 Å². The van der Waals surface area contributed by atoms with Crippen LogP contribution in [0.15, 0.2) is 24.5 Å². The van der Waals surface area contributed by atoms with Crippen molar-refractivity contribution in [3.63, 3.8) is 0 Å². The lowest BCUT2D eigenvalue weighted by molar-refractivity contribution is -0.132. The minimum absolute atomic E-state index is 0.0550. The van der Waals surface area contributed by atoms with E-state index in [0.29, 0.717) is 6.42 Å². The Kier molecular flexibility index (Phi) is 5.27. The van der Waals surface area contributed by atoms with Crippen LogP contribution in [0.1, 0.15) is 37.8 Å². The Morgan fingerprint density at radius 2 is 2.38 bits per heavy atom. The molecule has 0 aliphatic carbocycles. The van der Waals surface area contributed by atoms with E-state index in [0.717, 1.165) is 24.9 Å². The molecule has 6 nitrogen and oxygen atoms in total. The fraction of sp³-hybridized carbons (Fsp3) is 0.533. The molecule has 1 aliphatic heterocycles. The molecule has 21 heavy (non-hydrogen) atoms. The molecule has 0 bridgehead atoms. The number of carbonyl (C=O) groups excluding carboxylic acids is 2. The largest absolute Gasteiger partial charge is 0.352 e. The first-order chi connectivity index (χ1) is 10.1. The van der Waals surface area contributed by atoms with Crippen LogP contribution in [0.25, 0.3) is 0 Å². The molecular formula is C15H22N4O2. The van der Waals surface area contributed by atoms with Gasteiger partial charge in [-0.2, -0.15) is 0 Å². The van der Waals surface area contributed by atoms with Crippen LogP contribution in [0, 0.1) is 0 Å². The smallest absolute Gasteiger partial charge is 0.233 e. The summed E-state index contributed by atoms with van der Waals surface area (Å²) in [4.78, 5) is 29.7. The number of rotatable bonds is 5. The van der Waals surface area contributed by atoms with Gasteiger partial charge in [0.25, 0.3) is 0 Å². The van der Waals surface area contributed by atoms with Crippen LogP contribution >= 0.6 is 0 Å². The minimum atomic E-state index is -0.236. The Morgan fingerprint density at radius 3 is 3.05 bits per heavy atom. The van der Waals surface area contributed by atoms with Crippen LogP contribution in [-0.2, 0) is 9.59 Å². The summed E-state index contributed by atoms with van der Waals surface area (Å²) in [5, 5.41) is 2.71. The van der Waals surface area contributed by atoms with E-state index < -0.39 is 0 Å². The lowest BCUT2D eigenvalue weighted by Gasteiger charge is -2.26. The van der Waals surface area contributed by atoms with E-state index in [9.17, 15) is 9.59 Å². The molecule has 0 spiro atoms. The van der Waals surface area contributed by atoms with Crippen molar-refractivity contribution in [3.8, 4) is 0 Å². The van der Waals surface area contributed by atoms with E-state index >= 15 is 0 Å². The topological polar surface area (TPSA) is 88.3 Å². The number of hydrogen-bond donors (Lipinski definition) is 2. The maximum absolute atomic E-state index is 12.4. The van der Waals surface area contributed by atoms with E-state index in [-0.39, 0.29) is 30.4 Å². The Hall–Kier alpha value is -1.95. The van der Waals surface area contributed by atoms with Crippen LogP contribution in [0.5, 0.6) is 0 Å². The highest BCUT2D eigenvalue weighted by molar-refractivity contribution is 5.81. The third-order valence-corrected chi connectivity index (χ3v) is 3.72. The Morgan fingerprint density at radius 1 is 1.57 bits per heavy atom. The van der Waals surface area contributed by atoms with Crippen molar-refractivity contribution in [1.82, 2.24) is 15.2 Å². The highest BCUT2D eigenvalue weighted by Gasteiger charge is 2.30. The SMILES string of the molecule is CC(CC(=O)N1CCCC1c1cccnc1)NC(=O)CN. The van der Waals surface area contributed by atoms with E-state index in [1.54, 1.807) is 6.20 Å². The highest BCUT2D eigenvalue weighted by Crippen LogP contribution is 2.31. The lowest BCUT2D eigenvalue weighted by atomic mass is 10.1. The first kappa shape index (κ1) is 15.4. The molecule has 0 radical (unpaired) electrons. The summed E-state index contributed by atoms with van der Waals surface area (Å²) < 4.78 is 0. The van der Waals surface area contributed by atoms with Gasteiger partial charge in [-0.1, -0.05) is 6.07 Å². The molecule has 1 aromatic heterocycles. The molecule has 2 atom stereocenters. The molecule has 0 aromatic carbocycles. The summed E-state index contributed by atoms with van der Waals surface area (Å²) in [6.07, 6.45) is 5.79. The summed E-state index contributed by atoms with van der Waals surface area (Å²) in [5.74, 6) is -0.174. The monoisotopic (exact) mass is 290 g/mol. The van der Waals surface area contributed by atoms with Crippen LogP contribution in [0.4, 0.5) is 0 Å². The maximum atomic E-state index is 12.4. The molecule has 3 N–H and O–H groups in total. The molecular weight excluding hydrogens is 268 g/mol. The van der Waals surface area contributed by atoms with Gasteiger partial charge in [-0.15, -0.1) is 0 Å². The second kappa shape index (κ2) is 7.17. The van der Waals surface area contributed by atoms with Gasteiger partial charge in [0.05, 0.1) is 12.6 Å². The fourth-order valence-corrected chi connectivity index (χ4v) is 2.75. The molecule has 2 unspecified atom stereocenters. The average Bonchev–Trinajstić information content (AvgIpc) is 2.97. The molecule has 2 heterocycles. The Bertz CT molecular complexity index is 492. The van der Waals surface area contributed by atoms with Crippen molar-refractivity contribution in [2.45, 2.75) is 38.3 Å². The molecule has 2 rings (SSSR count). The van der Waals surface area contributed by atoms with Crippen molar-refractivity contribution >= 4 is 11.8 Å². The van der Waals surface area contributed by atoms with Crippen LogP contribution < -0.4 is 11.1 Å². The second-order valence-electron chi connectivity index (χ2n) is 5.41. The van der Waals surface area contributed by atoms with Gasteiger partial charge in [-0.3, -0.25) is 14.6 Å². The van der Waals surface area contributed by atoms with Gasteiger partial charge in [-0.25, -0.2) is 0 Å². The van der Waals surface area contributed by atoms with Gasteiger partial charge >= 0.3 is 0 Å². The number of likely N-dealkylation sites (tertiary alicyclic amines) is 1. The number of nitrogens with two attached hydrogens (primary N) is 1. The van der Waals surface area contributed by atoms with Crippen LogP contribution in [0.2, 0.25) is 0 Å². The van der Waals surface area contributed by atoms with Gasteiger partial charge in [0.1, 0.15) is 0 Å². The van der Waals surface area contributed by atoms with Gasteiger partial charge in [0.2, 0.25) is 11.8 Å². The number of pyridine rings is 1. The van der Waals surface area contributed by atoms with Crippen molar-refractivity contribution in [2.75, 3.05) is 13.1 Å². The average molecular weight is 290 g/mol. The van der Waals surface area contributed by atoms with E-state index in [4.69, 9.17) is 5.73 Å². The first-order valence-electron chi connectivity index (χ1n) is 7.30. The third kappa shape index (κ3) is 4.01. The van der Waals surface area contributed by atoms with Crippen molar-refractivity contribution in [3.05, 3.63) is 30.1 Å². The van der Waals surface area contributed by atoms with E-state index in [2.05, 4.69) is 10.3 Å². The predicted octanol–water partition coefficient (Wildman–Crippen LogP) is 0.599. The number of nitrogens with zero attached hydrogens (tertiary/aromatic N) is 2. The van der Waals surface area contributed by atoms with Gasteiger partial charge in [-0.05, 0) is 31.4 Å². The summed E-state index contributed by atoms with van der Waals surface area (Å²) in [7, 11) is 0. The molecule has 1 aromatic rings. The summed E-state index contributed by atoms with van der Waals surface area (Å²) in [5.41, 5.74) is 6.33. The normalized spacial score (nSPS) is 19.3. The zero-order valence-corrected chi connectivity index (χ0v) is 12.3.